The van der Waals surface area contributed by atoms with E-state index in [0.717, 1.165) is 0 Å². The van der Waals surface area contributed by atoms with Crippen molar-refractivity contribution in [3.63, 3.8) is 0 Å². The number of anilines is 1. The summed E-state index contributed by atoms with van der Waals surface area (Å²) in [6.07, 6.45) is -0.144. The molecule has 2 aliphatic rings. The third kappa shape index (κ3) is 2.52. The van der Waals surface area contributed by atoms with E-state index in [2.05, 4.69) is 0 Å². The number of amides is 1. The first-order chi connectivity index (χ1) is 9.81. The van der Waals surface area contributed by atoms with Crippen LogP contribution in [0, 0.1) is 11.2 Å². The molecule has 1 heterocycles. The number of carbonyl (C=O) groups excluding carboxylic acids is 1. The summed E-state index contributed by atoms with van der Waals surface area (Å²) in [4.78, 5) is 14.1. The molecule has 1 spiro atoms. The van der Waals surface area contributed by atoms with Crippen molar-refractivity contribution in [2.75, 3.05) is 11.4 Å². The van der Waals surface area contributed by atoms with Crippen molar-refractivity contribution in [2.45, 2.75) is 37.6 Å². The molecule has 6 heteroatoms. The SMILES string of the molecule is NC1CC(F)(F)CC2(CCN(c3ccc(F)cc3)C2=O)C1. The van der Waals surface area contributed by atoms with E-state index in [1.165, 1.54) is 29.2 Å². The minimum Gasteiger partial charge on any atom is -0.327 e. The average Bonchev–Trinajstić information content (AvgIpc) is 2.65. The van der Waals surface area contributed by atoms with Crippen molar-refractivity contribution in [2.24, 2.45) is 11.1 Å². The maximum Gasteiger partial charge on any atom is 0.250 e. The second-order valence-corrected chi connectivity index (χ2v) is 6.16. The highest BCUT2D eigenvalue weighted by molar-refractivity contribution is 6.00. The molecule has 2 atom stereocenters. The van der Waals surface area contributed by atoms with Crippen LogP contribution in [0.2, 0.25) is 0 Å². The Kier molecular flexibility index (Phi) is 3.24. The zero-order valence-corrected chi connectivity index (χ0v) is 11.5. The minimum atomic E-state index is -2.90. The van der Waals surface area contributed by atoms with Gasteiger partial charge in [0.25, 0.3) is 5.92 Å². The molecule has 1 saturated carbocycles. The summed E-state index contributed by atoms with van der Waals surface area (Å²) in [5, 5.41) is 0. The van der Waals surface area contributed by atoms with Gasteiger partial charge in [0.2, 0.25) is 5.91 Å². The number of benzene rings is 1. The van der Waals surface area contributed by atoms with Crippen LogP contribution in [0.25, 0.3) is 0 Å². The van der Waals surface area contributed by atoms with E-state index >= 15 is 0 Å². The lowest BCUT2D eigenvalue weighted by molar-refractivity contribution is -0.139. The lowest BCUT2D eigenvalue weighted by Gasteiger charge is -2.39. The number of nitrogens with two attached hydrogens (primary N) is 1. The van der Waals surface area contributed by atoms with E-state index in [9.17, 15) is 18.0 Å². The normalized spacial score (nSPS) is 31.9. The van der Waals surface area contributed by atoms with Gasteiger partial charge in [0.15, 0.2) is 0 Å². The fourth-order valence-electron chi connectivity index (χ4n) is 3.64. The van der Waals surface area contributed by atoms with Crippen molar-refractivity contribution in [3.05, 3.63) is 30.1 Å². The molecule has 1 aliphatic carbocycles. The molecule has 0 radical (unpaired) electrons. The number of alkyl halides is 2. The van der Waals surface area contributed by atoms with E-state index in [-0.39, 0.29) is 12.3 Å². The van der Waals surface area contributed by atoms with E-state index in [1.807, 2.05) is 0 Å². The predicted molar refractivity (Wildman–Crippen MR) is 72.6 cm³/mol. The number of hydrogen-bond acceptors (Lipinski definition) is 2. The summed E-state index contributed by atoms with van der Waals surface area (Å²) >= 11 is 0. The first kappa shape index (κ1) is 14.4. The highest BCUT2D eigenvalue weighted by Crippen LogP contribution is 2.50. The van der Waals surface area contributed by atoms with Crippen LogP contribution in [-0.2, 0) is 4.79 Å². The van der Waals surface area contributed by atoms with Gasteiger partial charge in [-0.1, -0.05) is 0 Å². The lowest BCUT2D eigenvalue weighted by atomic mass is 9.69. The molecule has 21 heavy (non-hydrogen) atoms. The van der Waals surface area contributed by atoms with Crippen LogP contribution in [0.4, 0.5) is 18.9 Å². The van der Waals surface area contributed by atoms with Crippen molar-refractivity contribution in [1.29, 1.82) is 0 Å². The molecule has 114 valence electrons. The third-order valence-corrected chi connectivity index (χ3v) is 4.46. The topological polar surface area (TPSA) is 46.3 Å². The summed E-state index contributed by atoms with van der Waals surface area (Å²) in [5.41, 5.74) is 5.20. The van der Waals surface area contributed by atoms with Crippen LogP contribution >= 0.6 is 0 Å². The summed E-state index contributed by atoms with van der Waals surface area (Å²) in [6.45, 7) is 0.368. The zero-order chi connectivity index (χ0) is 15.3. The van der Waals surface area contributed by atoms with Crippen molar-refractivity contribution < 1.29 is 18.0 Å². The van der Waals surface area contributed by atoms with Crippen LogP contribution in [0.1, 0.15) is 25.7 Å². The van der Waals surface area contributed by atoms with E-state index in [4.69, 9.17) is 5.73 Å². The largest absolute Gasteiger partial charge is 0.327 e. The highest BCUT2D eigenvalue weighted by Gasteiger charge is 2.56. The average molecular weight is 298 g/mol. The quantitative estimate of drug-likeness (QED) is 0.866. The van der Waals surface area contributed by atoms with Gasteiger partial charge in [0.1, 0.15) is 5.82 Å². The summed E-state index contributed by atoms with van der Waals surface area (Å²) < 4.78 is 40.6. The van der Waals surface area contributed by atoms with Crippen LogP contribution < -0.4 is 10.6 Å². The number of nitrogens with zero attached hydrogens (tertiary/aromatic N) is 1. The molecule has 3 nitrogen and oxygen atoms in total. The molecule has 2 fully saturated rings. The molecule has 0 bridgehead atoms. The minimum absolute atomic E-state index is 0.291. The Morgan fingerprint density at radius 1 is 1.19 bits per heavy atom. The van der Waals surface area contributed by atoms with Crippen LogP contribution in [0.3, 0.4) is 0 Å². The monoisotopic (exact) mass is 298 g/mol. The second-order valence-electron chi connectivity index (χ2n) is 6.16. The van der Waals surface area contributed by atoms with Crippen molar-refractivity contribution in [3.8, 4) is 0 Å². The van der Waals surface area contributed by atoms with Crippen LogP contribution in [-0.4, -0.2) is 24.4 Å². The molecular formula is C15H17F3N2O. The third-order valence-electron chi connectivity index (χ3n) is 4.46. The molecule has 0 aromatic heterocycles. The summed E-state index contributed by atoms with van der Waals surface area (Å²) in [7, 11) is 0. The Labute approximate surface area is 120 Å². The van der Waals surface area contributed by atoms with Gasteiger partial charge in [-0.25, -0.2) is 13.2 Å². The predicted octanol–water partition coefficient (Wildman–Crippen LogP) is 2.70. The number of rotatable bonds is 1. The van der Waals surface area contributed by atoms with Crippen LogP contribution in [0.15, 0.2) is 24.3 Å². The van der Waals surface area contributed by atoms with Crippen molar-refractivity contribution >= 4 is 11.6 Å². The van der Waals surface area contributed by atoms with Gasteiger partial charge in [0.05, 0.1) is 5.41 Å². The molecule has 2 N–H and O–H groups in total. The highest BCUT2D eigenvalue weighted by atomic mass is 19.3. The van der Waals surface area contributed by atoms with Gasteiger partial charge in [-0.2, -0.15) is 0 Å². The standard InChI is InChI=1S/C15H17F3N2O/c16-10-1-3-12(4-2-10)20-6-5-14(13(20)21)7-11(19)8-15(17,18)9-14/h1-4,11H,5-9,19H2. The molecule has 1 saturated heterocycles. The fraction of sp³-hybridized carbons (Fsp3) is 0.533. The Morgan fingerprint density at radius 3 is 2.48 bits per heavy atom. The number of carbonyl (C=O) groups is 1. The number of hydrogen-bond donors (Lipinski definition) is 1. The van der Waals surface area contributed by atoms with Gasteiger partial charge in [-0.3, -0.25) is 4.79 Å². The second kappa shape index (κ2) is 4.73. The van der Waals surface area contributed by atoms with Gasteiger partial charge < -0.3 is 10.6 Å². The first-order valence-electron chi connectivity index (χ1n) is 7.02. The molecule has 2 unspecified atom stereocenters. The molecule has 1 aromatic carbocycles. The maximum absolute atomic E-state index is 13.8. The Hall–Kier alpha value is -1.56. The molecule has 1 aromatic rings. The number of halogens is 3. The fourth-order valence-corrected chi connectivity index (χ4v) is 3.64. The first-order valence-corrected chi connectivity index (χ1v) is 7.02. The van der Waals surface area contributed by atoms with Crippen molar-refractivity contribution in [1.82, 2.24) is 0 Å². The molecule has 1 amide bonds. The lowest BCUT2D eigenvalue weighted by Crippen LogP contribution is -2.49. The van der Waals surface area contributed by atoms with Gasteiger partial charge in [-0.05, 0) is 37.1 Å². The van der Waals surface area contributed by atoms with Crippen LogP contribution in [0.5, 0.6) is 0 Å². The van der Waals surface area contributed by atoms with E-state index < -0.39 is 29.6 Å². The smallest absolute Gasteiger partial charge is 0.250 e. The van der Waals surface area contributed by atoms with Gasteiger partial charge in [-0.15, -0.1) is 0 Å². The van der Waals surface area contributed by atoms with E-state index in [1.54, 1.807) is 0 Å². The molecule has 1 aliphatic heterocycles. The Balaban J connectivity index is 1.87. The summed E-state index contributed by atoms with van der Waals surface area (Å²) in [6, 6.07) is 4.84. The summed E-state index contributed by atoms with van der Waals surface area (Å²) in [5.74, 6) is -3.61. The molecular weight excluding hydrogens is 281 g/mol. The Morgan fingerprint density at radius 2 is 1.86 bits per heavy atom. The van der Waals surface area contributed by atoms with Gasteiger partial charge in [0, 0.05) is 31.1 Å². The maximum atomic E-state index is 13.8. The zero-order valence-electron chi connectivity index (χ0n) is 11.5. The van der Waals surface area contributed by atoms with Gasteiger partial charge >= 0.3 is 0 Å². The molecule has 3 rings (SSSR count). The Bertz CT molecular complexity index is 561. The van der Waals surface area contributed by atoms with E-state index in [0.29, 0.717) is 25.1 Å².